The fourth-order valence-electron chi connectivity index (χ4n) is 1.61. The molecule has 0 saturated heterocycles. The van der Waals surface area contributed by atoms with E-state index >= 15 is 0 Å². The molecule has 0 aliphatic heterocycles. The number of aryl methyl sites for hydroxylation is 1. The average molecular weight is 270 g/mol. The van der Waals surface area contributed by atoms with Crippen LogP contribution in [-0.2, 0) is 0 Å². The van der Waals surface area contributed by atoms with Gasteiger partial charge >= 0.3 is 0 Å². The smallest absolute Gasteiger partial charge is 0.260 e. The zero-order valence-corrected chi connectivity index (χ0v) is 10.5. The fourth-order valence-corrected chi connectivity index (χ4v) is 1.61. The van der Waals surface area contributed by atoms with Crippen LogP contribution < -0.4 is 5.32 Å². The van der Waals surface area contributed by atoms with Gasteiger partial charge in [0.2, 0.25) is 0 Å². The molecule has 0 atom stereocenters. The largest absolute Gasteiger partial charge is 0.361 e. The molecule has 8 nitrogen and oxygen atoms in total. The van der Waals surface area contributed by atoms with E-state index in [9.17, 15) is 4.79 Å². The summed E-state index contributed by atoms with van der Waals surface area (Å²) < 4.78 is 6.36. The number of nitrogens with one attached hydrogen (secondary N) is 1. The molecule has 1 N–H and O–H groups in total. The number of hydrogen-bond acceptors (Lipinski definition) is 6. The maximum Gasteiger partial charge on any atom is 0.260 e. The van der Waals surface area contributed by atoms with Crippen LogP contribution in [0.3, 0.4) is 0 Å². The van der Waals surface area contributed by atoms with E-state index in [1.807, 2.05) is 0 Å². The molecule has 0 radical (unpaired) electrons. The normalized spacial score (nSPS) is 10.4. The number of carbonyl (C=O) groups excluding carboxylic acids is 1. The molecular weight excluding hydrogens is 260 g/mol. The van der Waals surface area contributed by atoms with Crippen molar-refractivity contribution in [1.82, 2.24) is 24.9 Å². The minimum absolute atomic E-state index is 0.320. The first kappa shape index (κ1) is 12.0. The van der Waals surface area contributed by atoms with Crippen LogP contribution in [-0.4, -0.2) is 30.8 Å². The minimum atomic E-state index is -0.320. The molecule has 3 aromatic heterocycles. The number of rotatable bonds is 3. The molecule has 3 rings (SSSR count). The second-order valence-electron chi connectivity index (χ2n) is 3.97. The monoisotopic (exact) mass is 270 g/mol. The quantitative estimate of drug-likeness (QED) is 0.768. The second-order valence-corrected chi connectivity index (χ2v) is 3.97. The summed E-state index contributed by atoms with van der Waals surface area (Å²) >= 11 is 0. The Morgan fingerprint density at radius 2 is 2.10 bits per heavy atom. The molecule has 0 aliphatic carbocycles. The highest BCUT2D eigenvalue weighted by Crippen LogP contribution is 2.11. The van der Waals surface area contributed by atoms with Crippen LogP contribution in [0.2, 0.25) is 0 Å². The van der Waals surface area contributed by atoms with Crippen LogP contribution in [0.15, 0.2) is 41.6 Å². The molecule has 1 amide bonds. The summed E-state index contributed by atoms with van der Waals surface area (Å²) in [7, 11) is 0. The van der Waals surface area contributed by atoms with Crippen molar-refractivity contribution in [3.63, 3.8) is 0 Å². The molecule has 20 heavy (non-hydrogen) atoms. The van der Waals surface area contributed by atoms with Gasteiger partial charge in [0.15, 0.2) is 0 Å². The summed E-state index contributed by atoms with van der Waals surface area (Å²) in [4.78, 5) is 20.2. The van der Waals surface area contributed by atoms with Gasteiger partial charge in [0, 0.05) is 12.4 Å². The molecule has 0 bridgehead atoms. The minimum Gasteiger partial charge on any atom is -0.361 e. The Balaban J connectivity index is 1.76. The number of nitrogens with zero attached hydrogens (tertiary/aromatic N) is 5. The van der Waals surface area contributed by atoms with Crippen molar-refractivity contribution in [2.75, 3.05) is 5.32 Å². The lowest BCUT2D eigenvalue weighted by molar-refractivity contribution is 0.102. The average Bonchev–Trinajstić information content (AvgIpc) is 3.10. The highest BCUT2D eigenvalue weighted by atomic mass is 16.5. The standard InChI is InChI=1S/C12H10N6O2/c1-8-10(7-16-20-8)11(19)17-9-5-13-12(14-6-9)18-4-2-3-15-18/h2-7H,1H3,(H,17,19). The van der Waals surface area contributed by atoms with Gasteiger partial charge in [0.05, 0.1) is 24.3 Å². The van der Waals surface area contributed by atoms with Crippen molar-refractivity contribution in [2.45, 2.75) is 6.92 Å². The summed E-state index contributed by atoms with van der Waals surface area (Å²) in [5.74, 6) is 0.560. The van der Waals surface area contributed by atoms with Crippen molar-refractivity contribution in [3.8, 4) is 5.95 Å². The van der Waals surface area contributed by atoms with E-state index in [4.69, 9.17) is 4.52 Å². The molecule has 0 unspecified atom stereocenters. The van der Waals surface area contributed by atoms with Gasteiger partial charge in [-0.25, -0.2) is 14.6 Å². The molecule has 100 valence electrons. The van der Waals surface area contributed by atoms with Crippen molar-refractivity contribution in [2.24, 2.45) is 0 Å². The van der Waals surface area contributed by atoms with Gasteiger partial charge in [0.25, 0.3) is 11.9 Å². The van der Waals surface area contributed by atoms with Crippen LogP contribution in [0, 0.1) is 6.92 Å². The molecule has 0 saturated carbocycles. The SMILES string of the molecule is Cc1oncc1C(=O)Nc1cnc(-n2cccn2)nc1. The van der Waals surface area contributed by atoms with Crippen LogP contribution in [0.25, 0.3) is 5.95 Å². The van der Waals surface area contributed by atoms with E-state index in [0.717, 1.165) is 0 Å². The second kappa shape index (κ2) is 4.92. The summed E-state index contributed by atoms with van der Waals surface area (Å²) in [6.45, 7) is 1.67. The van der Waals surface area contributed by atoms with E-state index in [2.05, 4.69) is 25.5 Å². The number of amides is 1. The molecule has 3 heterocycles. The molecule has 0 spiro atoms. The van der Waals surface area contributed by atoms with Gasteiger partial charge in [-0.1, -0.05) is 5.16 Å². The van der Waals surface area contributed by atoms with Gasteiger partial charge in [-0.3, -0.25) is 4.79 Å². The van der Waals surface area contributed by atoms with Crippen LogP contribution >= 0.6 is 0 Å². The lowest BCUT2D eigenvalue weighted by Crippen LogP contribution is -2.13. The first-order valence-corrected chi connectivity index (χ1v) is 5.79. The predicted octanol–water partition coefficient (Wildman–Crippen LogP) is 1.21. The molecular formula is C12H10N6O2. The summed E-state index contributed by atoms with van der Waals surface area (Å²) in [5.41, 5.74) is 0.854. The molecule has 3 aromatic rings. The van der Waals surface area contributed by atoms with Gasteiger partial charge in [-0.2, -0.15) is 5.10 Å². The van der Waals surface area contributed by atoms with Gasteiger partial charge in [0.1, 0.15) is 11.3 Å². The van der Waals surface area contributed by atoms with E-state index in [-0.39, 0.29) is 5.91 Å². The Morgan fingerprint density at radius 1 is 1.30 bits per heavy atom. The van der Waals surface area contributed by atoms with Crippen molar-refractivity contribution in [3.05, 3.63) is 48.4 Å². The van der Waals surface area contributed by atoms with E-state index in [0.29, 0.717) is 23.0 Å². The summed E-state index contributed by atoms with van der Waals surface area (Å²) in [5, 5.41) is 10.2. The van der Waals surface area contributed by atoms with E-state index < -0.39 is 0 Å². The maximum absolute atomic E-state index is 11.9. The van der Waals surface area contributed by atoms with E-state index in [1.54, 1.807) is 25.4 Å². The maximum atomic E-state index is 11.9. The first-order valence-electron chi connectivity index (χ1n) is 5.79. The topological polar surface area (TPSA) is 98.7 Å². The number of aromatic nitrogens is 5. The Kier molecular flexibility index (Phi) is 2.96. The highest BCUT2D eigenvalue weighted by molar-refractivity contribution is 6.04. The third-order valence-electron chi connectivity index (χ3n) is 2.60. The fraction of sp³-hybridized carbons (Fsp3) is 0.0833. The lowest BCUT2D eigenvalue weighted by atomic mass is 10.2. The highest BCUT2D eigenvalue weighted by Gasteiger charge is 2.13. The molecule has 0 aromatic carbocycles. The van der Waals surface area contributed by atoms with Crippen molar-refractivity contribution >= 4 is 11.6 Å². The van der Waals surface area contributed by atoms with Crippen LogP contribution in [0.4, 0.5) is 5.69 Å². The number of anilines is 1. The van der Waals surface area contributed by atoms with Gasteiger partial charge < -0.3 is 9.84 Å². The Bertz CT molecular complexity index is 717. The molecule has 0 aliphatic rings. The number of carbonyl (C=O) groups is 1. The zero-order chi connectivity index (χ0) is 13.9. The third-order valence-corrected chi connectivity index (χ3v) is 2.60. The third kappa shape index (κ3) is 2.26. The molecule has 0 fully saturated rings. The summed E-state index contributed by atoms with van der Waals surface area (Å²) in [6.07, 6.45) is 7.74. The van der Waals surface area contributed by atoms with Crippen molar-refractivity contribution in [1.29, 1.82) is 0 Å². The molecule has 8 heteroatoms. The predicted molar refractivity (Wildman–Crippen MR) is 68.3 cm³/mol. The van der Waals surface area contributed by atoms with Gasteiger partial charge in [-0.15, -0.1) is 0 Å². The Hall–Kier alpha value is -3.03. The van der Waals surface area contributed by atoms with E-state index in [1.165, 1.54) is 23.3 Å². The number of hydrogen-bond donors (Lipinski definition) is 1. The lowest BCUT2D eigenvalue weighted by Gasteiger charge is -2.04. The zero-order valence-electron chi connectivity index (χ0n) is 10.5. The van der Waals surface area contributed by atoms with Crippen molar-refractivity contribution < 1.29 is 9.32 Å². The first-order chi connectivity index (χ1) is 9.74. The van der Waals surface area contributed by atoms with Crippen LogP contribution in [0.1, 0.15) is 16.1 Å². The summed E-state index contributed by atoms with van der Waals surface area (Å²) in [6, 6.07) is 1.77. The van der Waals surface area contributed by atoms with Gasteiger partial charge in [-0.05, 0) is 13.0 Å². The Labute approximate surface area is 113 Å². The Morgan fingerprint density at radius 3 is 2.70 bits per heavy atom. The van der Waals surface area contributed by atoms with Crippen LogP contribution in [0.5, 0.6) is 0 Å².